The maximum Gasteiger partial charge on any atom is 0.494 e. The molecule has 0 aliphatic rings. The molecule has 2 nitrogen and oxygen atoms in total. The van der Waals surface area contributed by atoms with Gasteiger partial charge >= 0.3 is 7.12 Å². The van der Waals surface area contributed by atoms with Crippen molar-refractivity contribution in [3.8, 4) is 0 Å². The molecule has 0 spiro atoms. The van der Waals surface area contributed by atoms with Gasteiger partial charge in [0, 0.05) is 14.2 Å². The second-order valence-electron chi connectivity index (χ2n) is 3.37. The van der Waals surface area contributed by atoms with Crippen molar-refractivity contribution in [2.45, 2.75) is 0 Å². The minimum atomic E-state index is -0.295. The van der Waals surface area contributed by atoms with Gasteiger partial charge in [0.25, 0.3) is 0 Å². The van der Waals surface area contributed by atoms with Crippen LogP contribution in [0.2, 0.25) is 0 Å². The first-order valence-electron chi connectivity index (χ1n) is 4.90. The van der Waals surface area contributed by atoms with Crippen molar-refractivity contribution < 1.29 is 9.31 Å². The fourth-order valence-corrected chi connectivity index (χ4v) is 1.81. The number of fused-ring (bicyclic) bond motifs is 1. The number of hydrogen-bond donors (Lipinski definition) is 0. The van der Waals surface area contributed by atoms with Gasteiger partial charge in [-0.25, -0.2) is 0 Å². The Morgan fingerprint density at radius 2 is 1.53 bits per heavy atom. The van der Waals surface area contributed by atoms with Crippen LogP contribution in [0.15, 0.2) is 42.5 Å². The Labute approximate surface area is 90.0 Å². The average Bonchev–Trinajstić information content (AvgIpc) is 2.31. The van der Waals surface area contributed by atoms with Crippen molar-refractivity contribution in [2.75, 3.05) is 14.2 Å². The molecule has 0 amide bonds. The van der Waals surface area contributed by atoms with Gasteiger partial charge in [-0.05, 0) is 16.2 Å². The third-order valence-electron chi connectivity index (χ3n) is 2.51. The molecule has 0 bridgehead atoms. The summed E-state index contributed by atoms with van der Waals surface area (Å²) in [6, 6.07) is 14.3. The zero-order valence-electron chi connectivity index (χ0n) is 8.94. The summed E-state index contributed by atoms with van der Waals surface area (Å²) >= 11 is 0. The van der Waals surface area contributed by atoms with E-state index in [1.165, 1.54) is 10.8 Å². The van der Waals surface area contributed by atoms with Crippen LogP contribution in [0.4, 0.5) is 0 Å². The normalized spacial score (nSPS) is 10.5. The highest BCUT2D eigenvalue weighted by atomic mass is 16.6. The molecule has 76 valence electrons. The molecular formula is C12H13BO2. The van der Waals surface area contributed by atoms with Crippen LogP contribution in [-0.2, 0) is 9.31 Å². The molecule has 0 aliphatic heterocycles. The molecule has 2 rings (SSSR count). The first kappa shape index (κ1) is 10.2. The van der Waals surface area contributed by atoms with Gasteiger partial charge in [0.2, 0.25) is 0 Å². The summed E-state index contributed by atoms with van der Waals surface area (Å²) in [6.07, 6.45) is 0. The van der Waals surface area contributed by atoms with E-state index in [1.54, 1.807) is 14.2 Å². The van der Waals surface area contributed by atoms with Crippen molar-refractivity contribution in [1.29, 1.82) is 0 Å². The molecule has 3 heteroatoms. The predicted molar refractivity (Wildman–Crippen MR) is 63.4 cm³/mol. The van der Waals surface area contributed by atoms with Gasteiger partial charge in [-0.15, -0.1) is 0 Å². The summed E-state index contributed by atoms with van der Waals surface area (Å²) in [5, 5.41) is 2.38. The van der Waals surface area contributed by atoms with Gasteiger partial charge < -0.3 is 9.31 Å². The van der Waals surface area contributed by atoms with E-state index in [1.807, 2.05) is 24.3 Å². The van der Waals surface area contributed by atoms with Crippen LogP contribution in [-0.4, -0.2) is 21.3 Å². The second-order valence-corrected chi connectivity index (χ2v) is 3.37. The van der Waals surface area contributed by atoms with Crippen LogP contribution in [0.5, 0.6) is 0 Å². The number of benzene rings is 2. The Morgan fingerprint density at radius 3 is 2.27 bits per heavy atom. The predicted octanol–water partition coefficient (Wildman–Crippen LogP) is 1.83. The molecular weight excluding hydrogens is 187 g/mol. The Balaban J connectivity index is 2.59. The monoisotopic (exact) mass is 200 g/mol. The average molecular weight is 200 g/mol. The molecule has 2 aromatic rings. The first-order chi connectivity index (χ1) is 7.36. The lowest BCUT2D eigenvalue weighted by Gasteiger charge is -2.11. The zero-order valence-corrected chi connectivity index (χ0v) is 8.94. The standard InChI is InChI=1S/C12H13BO2/c1-14-13(15-2)12-9-5-7-10-6-3-4-8-11(10)12/h3-9H,1-2H3. The van der Waals surface area contributed by atoms with Crippen LogP contribution in [0.3, 0.4) is 0 Å². The van der Waals surface area contributed by atoms with Crippen LogP contribution >= 0.6 is 0 Å². The quantitative estimate of drug-likeness (QED) is 0.703. The van der Waals surface area contributed by atoms with E-state index in [4.69, 9.17) is 9.31 Å². The zero-order chi connectivity index (χ0) is 10.7. The van der Waals surface area contributed by atoms with E-state index in [-0.39, 0.29) is 7.12 Å². The number of rotatable bonds is 3. The van der Waals surface area contributed by atoms with E-state index in [0.29, 0.717) is 0 Å². The molecule has 0 N–H and O–H groups in total. The van der Waals surface area contributed by atoms with E-state index < -0.39 is 0 Å². The summed E-state index contributed by atoms with van der Waals surface area (Å²) in [7, 11) is 3.00. The van der Waals surface area contributed by atoms with Crippen molar-refractivity contribution in [1.82, 2.24) is 0 Å². The Bertz CT molecular complexity index is 447. The molecule has 0 aliphatic carbocycles. The highest BCUT2D eigenvalue weighted by molar-refractivity contribution is 6.64. The third kappa shape index (κ3) is 1.89. The maximum absolute atomic E-state index is 5.27. The molecule has 0 atom stereocenters. The second kappa shape index (κ2) is 4.47. The van der Waals surface area contributed by atoms with Crippen LogP contribution in [0.1, 0.15) is 0 Å². The maximum atomic E-state index is 5.27. The van der Waals surface area contributed by atoms with Gasteiger partial charge in [0.15, 0.2) is 0 Å². The van der Waals surface area contributed by atoms with E-state index >= 15 is 0 Å². The van der Waals surface area contributed by atoms with Gasteiger partial charge in [-0.2, -0.15) is 0 Å². The van der Waals surface area contributed by atoms with Gasteiger partial charge in [0.1, 0.15) is 0 Å². The Morgan fingerprint density at radius 1 is 0.867 bits per heavy atom. The minimum absolute atomic E-state index is 0.295. The summed E-state index contributed by atoms with van der Waals surface area (Å²) < 4.78 is 10.5. The summed E-state index contributed by atoms with van der Waals surface area (Å²) in [5.74, 6) is 0. The molecule has 0 heterocycles. The van der Waals surface area contributed by atoms with Gasteiger partial charge in [-0.3, -0.25) is 0 Å². The van der Waals surface area contributed by atoms with Crippen LogP contribution < -0.4 is 5.46 Å². The topological polar surface area (TPSA) is 18.5 Å². The summed E-state index contributed by atoms with van der Waals surface area (Å²) in [5.41, 5.74) is 1.07. The lowest BCUT2D eigenvalue weighted by molar-refractivity contribution is 0.292. The molecule has 0 saturated carbocycles. The molecule has 0 aromatic heterocycles. The fourth-order valence-electron chi connectivity index (χ4n) is 1.81. The SMILES string of the molecule is COB(OC)c1cccc2ccccc12. The van der Waals surface area contributed by atoms with Crippen LogP contribution in [0, 0.1) is 0 Å². The molecule has 0 unspecified atom stereocenters. The lowest BCUT2D eigenvalue weighted by Crippen LogP contribution is -2.35. The van der Waals surface area contributed by atoms with Crippen molar-refractivity contribution in [3.05, 3.63) is 42.5 Å². The minimum Gasteiger partial charge on any atom is -0.410 e. The molecule has 2 aromatic carbocycles. The lowest BCUT2D eigenvalue weighted by atomic mass is 9.76. The Hall–Kier alpha value is -1.32. The first-order valence-corrected chi connectivity index (χ1v) is 4.90. The van der Waals surface area contributed by atoms with E-state index in [9.17, 15) is 0 Å². The number of hydrogen-bond acceptors (Lipinski definition) is 2. The van der Waals surface area contributed by atoms with Crippen LogP contribution in [0.25, 0.3) is 10.8 Å². The van der Waals surface area contributed by atoms with Crippen molar-refractivity contribution in [3.63, 3.8) is 0 Å². The molecule has 0 saturated heterocycles. The van der Waals surface area contributed by atoms with E-state index in [2.05, 4.69) is 18.2 Å². The van der Waals surface area contributed by atoms with Crippen molar-refractivity contribution in [2.24, 2.45) is 0 Å². The summed E-state index contributed by atoms with van der Waals surface area (Å²) in [6.45, 7) is 0. The van der Waals surface area contributed by atoms with Gasteiger partial charge in [-0.1, -0.05) is 42.5 Å². The molecule has 0 fully saturated rings. The third-order valence-corrected chi connectivity index (χ3v) is 2.51. The summed E-state index contributed by atoms with van der Waals surface area (Å²) in [4.78, 5) is 0. The highest BCUT2D eigenvalue weighted by Gasteiger charge is 2.19. The van der Waals surface area contributed by atoms with Crippen molar-refractivity contribution >= 4 is 23.4 Å². The fraction of sp³-hybridized carbons (Fsp3) is 0.167. The Kier molecular flexibility index (Phi) is 3.04. The van der Waals surface area contributed by atoms with E-state index in [0.717, 1.165) is 5.46 Å². The molecule has 0 radical (unpaired) electrons. The smallest absolute Gasteiger partial charge is 0.410 e. The highest BCUT2D eigenvalue weighted by Crippen LogP contribution is 2.11. The largest absolute Gasteiger partial charge is 0.494 e. The molecule has 15 heavy (non-hydrogen) atoms. The van der Waals surface area contributed by atoms with Gasteiger partial charge in [0.05, 0.1) is 0 Å².